The largest absolute Gasteiger partial charge is 0.481 e. The van der Waals surface area contributed by atoms with E-state index in [0.717, 1.165) is 17.4 Å². The van der Waals surface area contributed by atoms with Gasteiger partial charge in [-0.25, -0.2) is 4.39 Å². The highest BCUT2D eigenvalue weighted by atomic mass is 19.1. The Hall–Kier alpha value is -1.38. The Labute approximate surface area is 112 Å². The van der Waals surface area contributed by atoms with Gasteiger partial charge in [-0.2, -0.15) is 0 Å². The number of fused-ring (bicyclic) bond motifs is 2. The van der Waals surface area contributed by atoms with Gasteiger partial charge in [-0.1, -0.05) is 18.6 Å². The highest BCUT2D eigenvalue weighted by molar-refractivity contribution is 5.76. The molecule has 3 heteroatoms. The first-order valence-electron chi connectivity index (χ1n) is 7.11. The molecule has 2 aliphatic rings. The third-order valence-electron chi connectivity index (χ3n) is 4.99. The summed E-state index contributed by atoms with van der Waals surface area (Å²) in [7, 11) is 0. The van der Waals surface area contributed by atoms with Gasteiger partial charge in [-0.05, 0) is 61.1 Å². The van der Waals surface area contributed by atoms with Crippen LogP contribution in [-0.4, -0.2) is 11.1 Å². The molecule has 3 rings (SSSR count). The average Bonchev–Trinajstić information content (AvgIpc) is 2.99. The lowest BCUT2D eigenvalue weighted by Crippen LogP contribution is -2.19. The fourth-order valence-corrected chi connectivity index (χ4v) is 4.04. The highest BCUT2D eigenvalue weighted by Gasteiger charge is 2.41. The van der Waals surface area contributed by atoms with E-state index < -0.39 is 11.9 Å². The molecule has 1 aromatic rings. The summed E-state index contributed by atoms with van der Waals surface area (Å²) in [5.74, 6) is 0.530. The molecular weight excluding hydrogens is 243 g/mol. The van der Waals surface area contributed by atoms with Gasteiger partial charge in [0.2, 0.25) is 0 Å². The Morgan fingerprint density at radius 1 is 1.26 bits per heavy atom. The van der Waals surface area contributed by atoms with Crippen molar-refractivity contribution in [3.63, 3.8) is 0 Å². The van der Waals surface area contributed by atoms with Gasteiger partial charge in [0.25, 0.3) is 0 Å². The molecule has 0 saturated heterocycles. The number of halogens is 1. The zero-order chi connectivity index (χ0) is 13.4. The number of benzene rings is 1. The number of hydrogen-bond acceptors (Lipinski definition) is 1. The molecule has 1 aromatic carbocycles. The maximum Gasteiger partial charge on any atom is 0.310 e. The number of hydrogen-bond donors (Lipinski definition) is 1. The summed E-state index contributed by atoms with van der Waals surface area (Å²) in [5.41, 5.74) is 0.733. The van der Waals surface area contributed by atoms with Gasteiger partial charge in [-0.3, -0.25) is 4.79 Å². The summed E-state index contributed by atoms with van der Waals surface area (Å²) in [4.78, 5) is 11.5. The van der Waals surface area contributed by atoms with Crippen molar-refractivity contribution in [2.24, 2.45) is 17.8 Å². The normalized spacial score (nSPS) is 30.5. The number of rotatable bonds is 4. The summed E-state index contributed by atoms with van der Waals surface area (Å²) in [6.07, 6.45) is 5.79. The van der Waals surface area contributed by atoms with Gasteiger partial charge in [0.15, 0.2) is 0 Å². The van der Waals surface area contributed by atoms with Crippen LogP contribution in [0.2, 0.25) is 0 Å². The Balaban J connectivity index is 1.74. The van der Waals surface area contributed by atoms with Crippen molar-refractivity contribution >= 4 is 5.97 Å². The molecule has 2 fully saturated rings. The van der Waals surface area contributed by atoms with Crippen molar-refractivity contribution in [1.82, 2.24) is 0 Å². The first-order valence-corrected chi connectivity index (χ1v) is 7.11. The molecule has 0 spiro atoms. The molecule has 4 unspecified atom stereocenters. The standard InChI is InChI=1S/C16H19FO2/c17-14-5-3-11(4-6-14)15(16(18)19)9-13-8-10-1-2-12(13)7-10/h3-6,10,12-13,15H,1-2,7-9H2,(H,18,19). The molecule has 0 aromatic heterocycles. The monoisotopic (exact) mass is 262 g/mol. The van der Waals surface area contributed by atoms with Gasteiger partial charge in [0.05, 0.1) is 5.92 Å². The molecule has 0 aliphatic heterocycles. The zero-order valence-corrected chi connectivity index (χ0v) is 10.9. The predicted molar refractivity (Wildman–Crippen MR) is 70.3 cm³/mol. The molecule has 102 valence electrons. The Morgan fingerprint density at radius 2 is 2.00 bits per heavy atom. The molecule has 2 aliphatic carbocycles. The van der Waals surface area contributed by atoms with Gasteiger partial charge < -0.3 is 5.11 Å². The number of aliphatic carboxylic acids is 1. The third-order valence-corrected chi connectivity index (χ3v) is 4.99. The lowest BCUT2D eigenvalue weighted by Gasteiger charge is -2.25. The maximum absolute atomic E-state index is 12.9. The van der Waals surface area contributed by atoms with Crippen molar-refractivity contribution in [2.45, 2.75) is 38.0 Å². The van der Waals surface area contributed by atoms with E-state index in [1.165, 1.54) is 37.8 Å². The number of carboxylic acid groups (broad SMARTS) is 1. The average molecular weight is 262 g/mol. The van der Waals surface area contributed by atoms with Crippen LogP contribution in [0.3, 0.4) is 0 Å². The molecule has 2 bridgehead atoms. The van der Waals surface area contributed by atoms with Crippen LogP contribution in [0.4, 0.5) is 4.39 Å². The second-order valence-corrected chi connectivity index (χ2v) is 6.11. The molecule has 0 radical (unpaired) electrons. The Morgan fingerprint density at radius 3 is 2.53 bits per heavy atom. The summed E-state index contributed by atoms with van der Waals surface area (Å²) in [6, 6.07) is 5.93. The predicted octanol–water partition coefficient (Wildman–Crippen LogP) is 3.82. The Bertz CT molecular complexity index is 468. The van der Waals surface area contributed by atoms with E-state index in [2.05, 4.69) is 0 Å². The van der Waals surface area contributed by atoms with Crippen LogP contribution in [-0.2, 0) is 4.79 Å². The highest BCUT2D eigenvalue weighted by Crippen LogP contribution is 2.51. The second-order valence-electron chi connectivity index (χ2n) is 6.11. The maximum atomic E-state index is 12.9. The summed E-state index contributed by atoms with van der Waals surface area (Å²) >= 11 is 0. The van der Waals surface area contributed by atoms with Crippen molar-refractivity contribution < 1.29 is 14.3 Å². The van der Waals surface area contributed by atoms with E-state index in [0.29, 0.717) is 12.3 Å². The van der Waals surface area contributed by atoms with Crippen LogP contribution < -0.4 is 0 Å². The minimum atomic E-state index is -0.783. The van der Waals surface area contributed by atoms with Gasteiger partial charge in [0.1, 0.15) is 5.82 Å². The fraction of sp³-hybridized carbons (Fsp3) is 0.562. The van der Waals surface area contributed by atoms with Crippen LogP contribution in [0.1, 0.15) is 43.6 Å². The van der Waals surface area contributed by atoms with Crippen LogP contribution in [0.15, 0.2) is 24.3 Å². The summed E-state index contributed by atoms with van der Waals surface area (Å²) < 4.78 is 12.9. The summed E-state index contributed by atoms with van der Waals surface area (Å²) in [5, 5.41) is 9.43. The molecule has 2 nitrogen and oxygen atoms in total. The van der Waals surface area contributed by atoms with Crippen molar-refractivity contribution in [3.8, 4) is 0 Å². The van der Waals surface area contributed by atoms with E-state index in [1.54, 1.807) is 12.1 Å². The Kier molecular flexibility index (Phi) is 3.29. The lowest BCUT2D eigenvalue weighted by molar-refractivity contribution is -0.139. The van der Waals surface area contributed by atoms with Crippen LogP contribution in [0, 0.1) is 23.6 Å². The fourth-order valence-electron chi connectivity index (χ4n) is 4.04. The molecular formula is C16H19FO2. The van der Waals surface area contributed by atoms with Crippen molar-refractivity contribution in [3.05, 3.63) is 35.6 Å². The summed E-state index contributed by atoms with van der Waals surface area (Å²) in [6.45, 7) is 0. The van der Waals surface area contributed by atoms with Crippen molar-refractivity contribution in [1.29, 1.82) is 0 Å². The SMILES string of the molecule is O=C(O)C(CC1CC2CCC1C2)c1ccc(F)cc1. The molecule has 2 saturated carbocycles. The van der Waals surface area contributed by atoms with E-state index in [4.69, 9.17) is 0 Å². The van der Waals surface area contributed by atoms with Crippen LogP contribution >= 0.6 is 0 Å². The van der Waals surface area contributed by atoms with E-state index in [-0.39, 0.29) is 5.82 Å². The van der Waals surface area contributed by atoms with E-state index in [9.17, 15) is 14.3 Å². The van der Waals surface area contributed by atoms with Gasteiger partial charge in [0, 0.05) is 0 Å². The van der Waals surface area contributed by atoms with Gasteiger partial charge in [-0.15, -0.1) is 0 Å². The van der Waals surface area contributed by atoms with Crippen LogP contribution in [0.5, 0.6) is 0 Å². The third kappa shape index (κ3) is 2.51. The topological polar surface area (TPSA) is 37.3 Å². The second kappa shape index (κ2) is 4.95. The van der Waals surface area contributed by atoms with Crippen LogP contribution in [0.25, 0.3) is 0 Å². The molecule has 0 heterocycles. The molecule has 4 atom stereocenters. The van der Waals surface area contributed by atoms with Gasteiger partial charge >= 0.3 is 5.97 Å². The van der Waals surface area contributed by atoms with E-state index >= 15 is 0 Å². The minimum Gasteiger partial charge on any atom is -0.481 e. The lowest BCUT2D eigenvalue weighted by atomic mass is 9.80. The zero-order valence-electron chi connectivity index (χ0n) is 10.9. The number of carboxylic acids is 1. The smallest absolute Gasteiger partial charge is 0.310 e. The molecule has 1 N–H and O–H groups in total. The number of carbonyl (C=O) groups is 1. The first kappa shape index (κ1) is 12.6. The molecule has 19 heavy (non-hydrogen) atoms. The van der Waals surface area contributed by atoms with E-state index in [1.807, 2.05) is 0 Å². The quantitative estimate of drug-likeness (QED) is 0.895. The molecule has 0 amide bonds. The van der Waals surface area contributed by atoms with Crippen molar-refractivity contribution in [2.75, 3.05) is 0 Å². The first-order chi connectivity index (χ1) is 9.13. The minimum absolute atomic E-state index is 0.312.